The van der Waals surface area contributed by atoms with Gasteiger partial charge in [0.15, 0.2) is 5.78 Å². The van der Waals surface area contributed by atoms with Crippen LogP contribution in [0.5, 0.6) is 0 Å². The largest absolute Gasteiger partial charge is 0.469 e. The first-order valence-electron chi connectivity index (χ1n) is 5.68. The van der Waals surface area contributed by atoms with Gasteiger partial charge in [-0.1, -0.05) is 0 Å². The van der Waals surface area contributed by atoms with Crippen LogP contribution in [0.1, 0.15) is 19.3 Å². The number of carbonyl (C=O) groups is 2. The molecule has 4 heteroatoms. The predicted molar refractivity (Wildman–Crippen MR) is 61.3 cm³/mol. The van der Waals surface area contributed by atoms with Gasteiger partial charge in [0.05, 0.1) is 13.0 Å². The first kappa shape index (κ1) is 12.0. The number of methoxy groups -OCH3 is 2. The molecule has 0 radical (unpaired) electrons. The minimum atomic E-state index is -0.592. The molecule has 2 atom stereocenters. The Labute approximate surface area is 100 Å². The third-order valence-electron chi connectivity index (χ3n) is 3.59. The molecule has 0 aromatic carbocycles. The molecule has 4 nitrogen and oxygen atoms in total. The zero-order chi connectivity index (χ0) is 12.5. The van der Waals surface area contributed by atoms with Crippen LogP contribution in [-0.4, -0.2) is 31.6 Å². The lowest BCUT2D eigenvalue weighted by atomic mass is 9.72. The van der Waals surface area contributed by atoms with Crippen LogP contribution in [0.2, 0.25) is 0 Å². The number of fused-ring (bicyclic) bond motifs is 1. The van der Waals surface area contributed by atoms with Crippen molar-refractivity contribution in [2.24, 2.45) is 5.92 Å². The molecule has 2 aliphatic carbocycles. The van der Waals surface area contributed by atoms with Gasteiger partial charge in [0.1, 0.15) is 5.60 Å². The monoisotopic (exact) mass is 236 g/mol. The number of carbonyl (C=O) groups excluding carboxylic acids is 2. The number of hydrogen-bond acceptors (Lipinski definition) is 4. The average molecular weight is 236 g/mol. The van der Waals surface area contributed by atoms with Crippen molar-refractivity contribution < 1.29 is 19.1 Å². The van der Waals surface area contributed by atoms with Crippen molar-refractivity contribution in [3.8, 4) is 0 Å². The first-order valence-corrected chi connectivity index (χ1v) is 5.68. The highest BCUT2D eigenvalue weighted by molar-refractivity contribution is 6.01. The van der Waals surface area contributed by atoms with E-state index in [1.165, 1.54) is 13.2 Å². The van der Waals surface area contributed by atoms with Gasteiger partial charge in [0, 0.05) is 7.11 Å². The third-order valence-corrected chi connectivity index (χ3v) is 3.59. The minimum Gasteiger partial charge on any atom is -0.469 e. The molecule has 2 rings (SSSR count). The summed E-state index contributed by atoms with van der Waals surface area (Å²) in [6.45, 7) is 0. The second-order valence-electron chi connectivity index (χ2n) is 4.46. The van der Waals surface area contributed by atoms with Gasteiger partial charge in [-0.3, -0.25) is 9.59 Å². The normalized spacial score (nSPS) is 31.8. The lowest BCUT2D eigenvalue weighted by Gasteiger charge is -2.40. The van der Waals surface area contributed by atoms with Crippen LogP contribution < -0.4 is 0 Å². The van der Waals surface area contributed by atoms with Crippen molar-refractivity contribution >= 4 is 11.8 Å². The highest BCUT2D eigenvalue weighted by Gasteiger charge is 2.42. The Morgan fingerprint density at radius 3 is 2.88 bits per heavy atom. The predicted octanol–water partition coefficient (Wildman–Crippen LogP) is 1.41. The number of allylic oxidation sites excluding steroid dienone is 2. The van der Waals surface area contributed by atoms with E-state index in [0.717, 1.165) is 5.57 Å². The van der Waals surface area contributed by atoms with Gasteiger partial charge in [-0.05, 0) is 43.1 Å². The number of ether oxygens (including phenoxy) is 2. The Morgan fingerprint density at radius 1 is 1.47 bits per heavy atom. The summed E-state index contributed by atoms with van der Waals surface area (Å²) in [6.07, 6.45) is 6.85. The summed E-state index contributed by atoms with van der Waals surface area (Å²) in [6, 6.07) is 0. The summed E-state index contributed by atoms with van der Waals surface area (Å²) >= 11 is 0. The van der Waals surface area contributed by atoms with Crippen molar-refractivity contribution in [2.75, 3.05) is 14.2 Å². The number of rotatable bonds is 2. The molecule has 0 bridgehead atoms. The lowest BCUT2D eigenvalue weighted by Crippen LogP contribution is -2.42. The molecule has 0 aromatic rings. The second kappa shape index (κ2) is 4.45. The van der Waals surface area contributed by atoms with Gasteiger partial charge < -0.3 is 9.47 Å². The molecule has 2 unspecified atom stereocenters. The molecule has 2 aliphatic rings. The fourth-order valence-electron chi connectivity index (χ4n) is 2.60. The highest BCUT2D eigenvalue weighted by atomic mass is 16.5. The van der Waals surface area contributed by atoms with Gasteiger partial charge in [-0.25, -0.2) is 0 Å². The fraction of sp³-hybridized carbons (Fsp3) is 0.538. The number of hydrogen-bond donors (Lipinski definition) is 0. The van der Waals surface area contributed by atoms with Crippen molar-refractivity contribution in [3.05, 3.63) is 23.8 Å². The molecule has 0 aromatic heterocycles. The molecule has 0 heterocycles. The van der Waals surface area contributed by atoms with E-state index in [9.17, 15) is 9.59 Å². The molecular weight excluding hydrogens is 220 g/mol. The van der Waals surface area contributed by atoms with E-state index in [0.29, 0.717) is 19.3 Å². The molecule has 17 heavy (non-hydrogen) atoms. The maximum absolute atomic E-state index is 11.6. The van der Waals surface area contributed by atoms with Crippen LogP contribution in [0.3, 0.4) is 0 Å². The first-order chi connectivity index (χ1) is 8.11. The average Bonchev–Trinajstić information content (AvgIpc) is 2.37. The molecule has 0 N–H and O–H groups in total. The number of ketones is 1. The van der Waals surface area contributed by atoms with Gasteiger partial charge >= 0.3 is 5.97 Å². The van der Waals surface area contributed by atoms with Gasteiger partial charge in [0.25, 0.3) is 0 Å². The molecule has 0 amide bonds. The van der Waals surface area contributed by atoms with E-state index < -0.39 is 5.60 Å². The zero-order valence-electron chi connectivity index (χ0n) is 10.1. The SMILES string of the molecule is COC(=O)C1CCC2=CC(=O)C=CC2(OC)C1. The quantitative estimate of drug-likeness (QED) is 0.680. The van der Waals surface area contributed by atoms with E-state index in [2.05, 4.69) is 0 Å². The summed E-state index contributed by atoms with van der Waals surface area (Å²) in [5.41, 5.74) is 0.373. The lowest BCUT2D eigenvalue weighted by molar-refractivity contribution is -0.148. The van der Waals surface area contributed by atoms with Crippen molar-refractivity contribution in [1.82, 2.24) is 0 Å². The Bertz CT molecular complexity index is 408. The second-order valence-corrected chi connectivity index (χ2v) is 4.46. The van der Waals surface area contributed by atoms with Crippen LogP contribution >= 0.6 is 0 Å². The smallest absolute Gasteiger partial charge is 0.308 e. The van der Waals surface area contributed by atoms with Crippen LogP contribution in [-0.2, 0) is 19.1 Å². The van der Waals surface area contributed by atoms with E-state index in [1.807, 2.05) is 0 Å². The maximum atomic E-state index is 11.6. The fourth-order valence-corrected chi connectivity index (χ4v) is 2.60. The van der Waals surface area contributed by atoms with Crippen LogP contribution in [0.4, 0.5) is 0 Å². The molecule has 0 spiro atoms. The standard InChI is InChI=1S/C13H16O4/c1-16-12(15)9-3-4-10-7-11(14)5-6-13(10,8-9)17-2/h5-7,9H,3-4,8H2,1-2H3. The molecule has 0 saturated heterocycles. The Morgan fingerprint density at radius 2 is 2.24 bits per heavy atom. The van der Waals surface area contributed by atoms with Crippen molar-refractivity contribution in [1.29, 1.82) is 0 Å². The van der Waals surface area contributed by atoms with Crippen molar-refractivity contribution in [2.45, 2.75) is 24.9 Å². The molecular formula is C13H16O4. The van der Waals surface area contributed by atoms with Gasteiger partial charge in [-0.15, -0.1) is 0 Å². The summed E-state index contributed by atoms with van der Waals surface area (Å²) < 4.78 is 10.3. The number of esters is 1. The topological polar surface area (TPSA) is 52.6 Å². The van der Waals surface area contributed by atoms with Crippen LogP contribution in [0.25, 0.3) is 0 Å². The maximum Gasteiger partial charge on any atom is 0.308 e. The summed E-state index contributed by atoms with van der Waals surface area (Å²) in [4.78, 5) is 22.9. The molecule has 0 aliphatic heterocycles. The van der Waals surface area contributed by atoms with Crippen LogP contribution in [0, 0.1) is 5.92 Å². The highest BCUT2D eigenvalue weighted by Crippen LogP contribution is 2.42. The summed E-state index contributed by atoms with van der Waals surface area (Å²) in [7, 11) is 3.00. The van der Waals surface area contributed by atoms with Crippen LogP contribution in [0.15, 0.2) is 23.8 Å². The Hall–Kier alpha value is -1.42. The summed E-state index contributed by atoms with van der Waals surface area (Å²) in [5.74, 6) is -0.370. The minimum absolute atomic E-state index is 0.0100. The van der Waals surface area contributed by atoms with E-state index in [-0.39, 0.29) is 17.7 Å². The summed E-state index contributed by atoms with van der Waals surface area (Å²) in [5, 5.41) is 0. The Kier molecular flexibility index (Phi) is 3.15. The third kappa shape index (κ3) is 2.05. The van der Waals surface area contributed by atoms with Gasteiger partial charge in [-0.2, -0.15) is 0 Å². The van der Waals surface area contributed by atoms with Crippen molar-refractivity contribution in [3.63, 3.8) is 0 Å². The van der Waals surface area contributed by atoms with E-state index >= 15 is 0 Å². The zero-order valence-corrected chi connectivity index (χ0v) is 10.1. The van der Waals surface area contributed by atoms with Gasteiger partial charge in [0.2, 0.25) is 0 Å². The Balaban J connectivity index is 2.26. The van der Waals surface area contributed by atoms with E-state index in [4.69, 9.17) is 9.47 Å². The van der Waals surface area contributed by atoms with E-state index in [1.54, 1.807) is 19.3 Å². The molecule has 1 saturated carbocycles. The molecule has 1 fully saturated rings. The molecule has 92 valence electrons.